The first kappa shape index (κ1) is 26.8. The molecule has 0 saturated carbocycles. The summed E-state index contributed by atoms with van der Waals surface area (Å²) in [6.45, 7) is 8.84. The lowest BCUT2D eigenvalue weighted by Crippen LogP contribution is -2.29. The van der Waals surface area contributed by atoms with Crippen molar-refractivity contribution >= 4 is 45.5 Å². The third-order valence-electron chi connectivity index (χ3n) is 6.69. The third kappa shape index (κ3) is 4.34. The normalized spacial score (nSPS) is 16.5. The number of Topliss-reactive ketones (excluding diaryl/α,β-unsaturated/α-hetero) is 1. The van der Waals surface area contributed by atoms with Crippen molar-refractivity contribution in [3.63, 3.8) is 0 Å². The van der Waals surface area contributed by atoms with Crippen molar-refractivity contribution in [3.8, 4) is 5.75 Å². The predicted molar refractivity (Wildman–Crippen MR) is 150 cm³/mol. The van der Waals surface area contributed by atoms with Gasteiger partial charge in [0.15, 0.2) is 10.9 Å². The molecule has 1 fully saturated rings. The zero-order valence-corrected chi connectivity index (χ0v) is 23.1. The van der Waals surface area contributed by atoms with Crippen LogP contribution < -0.4 is 9.64 Å². The Labute approximate surface area is 233 Å². The van der Waals surface area contributed by atoms with E-state index < -0.39 is 29.5 Å². The van der Waals surface area contributed by atoms with Crippen LogP contribution in [0.3, 0.4) is 0 Å². The maximum Gasteiger partial charge on any atom is 0.350 e. The fraction of sp³-hybridized carbons (Fsp3) is 0.207. The van der Waals surface area contributed by atoms with Gasteiger partial charge in [0.2, 0.25) is 0 Å². The van der Waals surface area contributed by atoms with E-state index in [2.05, 4.69) is 16.5 Å². The highest BCUT2D eigenvalue weighted by Gasteiger charge is 2.49. The van der Waals surface area contributed by atoms with Crippen LogP contribution in [0.1, 0.15) is 43.9 Å². The molecule has 1 unspecified atom stereocenters. The van der Waals surface area contributed by atoms with E-state index in [-0.39, 0.29) is 27.9 Å². The number of benzene rings is 1. The molecule has 204 valence electrons. The summed E-state index contributed by atoms with van der Waals surface area (Å²) in [4.78, 5) is 50.2. The summed E-state index contributed by atoms with van der Waals surface area (Å²) in [5.74, 6) is -2.23. The number of ketones is 1. The number of rotatable bonds is 7. The van der Waals surface area contributed by atoms with E-state index in [1.165, 1.54) is 18.1 Å². The molecular weight excluding hydrogens is 532 g/mol. The number of fused-ring (bicyclic) bond motifs is 1. The highest BCUT2D eigenvalue weighted by molar-refractivity contribution is 7.17. The van der Waals surface area contributed by atoms with Gasteiger partial charge < -0.3 is 19.0 Å². The van der Waals surface area contributed by atoms with E-state index in [1.807, 2.05) is 29.7 Å². The molecule has 10 nitrogen and oxygen atoms in total. The Bertz CT molecular complexity index is 1720. The van der Waals surface area contributed by atoms with Crippen molar-refractivity contribution in [1.29, 1.82) is 0 Å². The van der Waals surface area contributed by atoms with Crippen molar-refractivity contribution in [3.05, 3.63) is 93.9 Å². The molecule has 0 aliphatic carbocycles. The van der Waals surface area contributed by atoms with E-state index in [0.29, 0.717) is 28.3 Å². The molecule has 0 spiro atoms. The molecule has 3 aromatic heterocycles. The Morgan fingerprint density at radius 2 is 1.88 bits per heavy atom. The first-order chi connectivity index (χ1) is 19.2. The van der Waals surface area contributed by atoms with E-state index in [4.69, 9.17) is 9.47 Å². The highest BCUT2D eigenvalue weighted by atomic mass is 32.1. The first-order valence-corrected chi connectivity index (χ1v) is 13.1. The third-order valence-corrected chi connectivity index (χ3v) is 7.83. The molecule has 0 radical (unpaired) electrons. The van der Waals surface area contributed by atoms with Gasteiger partial charge in [-0.05, 0) is 50.1 Å². The minimum Gasteiger partial charge on any atom is -0.505 e. The van der Waals surface area contributed by atoms with Gasteiger partial charge in [0.1, 0.15) is 28.6 Å². The molecule has 11 heteroatoms. The lowest BCUT2D eigenvalue weighted by molar-refractivity contribution is -0.132. The number of amides is 1. The summed E-state index contributed by atoms with van der Waals surface area (Å²) in [5.41, 5.74) is 3.03. The van der Waals surface area contributed by atoms with E-state index in [9.17, 15) is 19.5 Å². The Morgan fingerprint density at radius 3 is 2.52 bits per heavy atom. The van der Waals surface area contributed by atoms with Crippen molar-refractivity contribution in [2.45, 2.75) is 26.8 Å². The van der Waals surface area contributed by atoms with Gasteiger partial charge in [-0.1, -0.05) is 42.2 Å². The maximum atomic E-state index is 13.6. The number of methoxy groups -OCH3 is 1. The van der Waals surface area contributed by atoms with Gasteiger partial charge >= 0.3 is 11.9 Å². The molecule has 1 aromatic carbocycles. The van der Waals surface area contributed by atoms with E-state index in [0.717, 1.165) is 16.9 Å². The number of esters is 1. The number of imidazole rings is 1. The van der Waals surface area contributed by atoms with Crippen LogP contribution in [0.4, 0.5) is 5.13 Å². The number of pyridine rings is 1. The summed E-state index contributed by atoms with van der Waals surface area (Å²) in [6.07, 6.45) is 3.26. The second-order valence-electron chi connectivity index (χ2n) is 9.17. The number of nitrogens with zero attached hydrogens (tertiary/aromatic N) is 4. The Morgan fingerprint density at radius 1 is 1.15 bits per heavy atom. The minimum absolute atomic E-state index is 0.0136. The summed E-state index contributed by atoms with van der Waals surface area (Å²) in [6, 6.07) is 9.51. The average Bonchev–Trinajstić information content (AvgIpc) is 3.59. The monoisotopic (exact) mass is 558 g/mol. The first-order valence-electron chi connectivity index (χ1n) is 12.3. The van der Waals surface area contributed by atoms with Gasteiger partial charge in [-0.25, -0.2) is 14.8 Å². The maximum absolute atomic E-state index is 13.6. The van der Waals surface area contributed by atoms with Gasteiger partial charge in [0.25, 0.3) is 5.78 Å². The summed E-state index contributed by atoms with van der Waals surface area (Å²) in [5, 5.41) is 11.7. The lowest BCUT2D eigenvalue weighted by Gasteiger charge is -2.23. The number of carbonyl (C=O) groups excluding carboxylic acids is 3. The molecule has 4 heterocycles. The molecule has 1 saturated heterocycles. The Hall–Kier alpha value is -4.77. The number of anilines is 1. The van der Waals surface area contributed by atoms with E-state index in [1.54, 1.807) is 38.1 Å². The van der Waals surface area contributed by atoms with Crippen molar-refractivity contribution in [2.24, 2.45) is 0 Å². The fourth-order valence-corrected chi connectivity index (χ4v) is 5.67. The second kappa shape index (κ2) is 10.4. The van der Waals surface area contributed by atoms with Gasteiger partial charge in [0, 0.05) is 6.20 Å². The molecular formula is C29H26N4O6S. The fourth-order valence-electron chi connectivity index (χ4n) is 4.68. The predicted octanol–water partition coefficient (Wildman–Crippen LogP) is 4.69. The number of thiazole rings is 1. The van der Waals surface area contributed by atoms with Crippen LogP contribution in [0.5, 0.6) is 5.75 Å². The average molecular weight is 559 g/mol. The van der Waals surface area contributed by atoms with Gasteiger partial charge in [0.05, 0.1) is 30.1 Å². The summed E-state index contributed by atoms with van der Waals surface area (Å²) >= 11 is 0.930. The Balaban J connectivity index is 1.71. The smallest absolute Gasteiger partial charge is 0.350 e. The SMILES string of the molecule is C=CCOC(=O)c1sc(N2C(=O)C(=O)/C(=C(/O)c3nc4c(C)cccn4c3C)C2c2ccc(OC)cc2)nc1C. The molecule has 1 amide bonds. The quantitative estimate of drug-likeness (QED) is 0.114. The molecule has 40 heavy (non-hydrogen) atoms. The standard InChI is InChI=1S/C29H26N4O6S/c1-6-14-39-28(37)25-16(3)30-29(40-25)33-22(18-9-11-19(38-5)12-10-18)20(24(35)27(33)36)23(34)21-17(4)32-13-7-8-15(2)26(32)31-21/h6-13,22,34H,1,14H2,2-5H3/b23-20+. The van der Waals surface area contributed by atoms with Crippen molar-refractivity contribution in [2.75, 3.05) is 18.6 Å². The number of carbonyl (C=O) groups is 3. The number of aromatic nitrogens is 3. The number of ether oxygens (including phenoxy) is 2. The molecule has 1 N–H and O–H groups in total. The van der Waals surface area contributed by atoms with Crippen LogP contribution in [-0.2, 0) is 14.3 Å². The minimum atomic E-state index is -1.04. The van der Waals surface area contributed by atoms with Crippen LogP contribution in [0.15, 0.2) is 60.8 Å². The van der Waals surface area contributed by atoms with E-state index >= 15 is 0 Å². The number of hydrogen-bond acceptors (Lipinski definition) is 9. The molecule has 5 rings (SSSR count). The zero-order valence-electron chi connectivity index (χ0n) is 22.3. The van der Waals surface area contributed by atoms with Gasteiger partial charge in [-0.2, -0.15) is 0 Å². The number of aliphatic hydroxyl groups is 1. The number of aliphatic hydroxyl groups excluding tert-OH is 1. The summed E-state index contributed by atoms with van der Waals surface area (Å²) in [7, 11) is 1.53. The van der Waals surface area contributed by atoms with Crippen LogP contribution in [0.25, 0.3) is 11.4 Å². The van der Waals surface area contributed by atoms with Crippen molar-refractivity contribution in [1.82, 2.24) is 14.4 Å². The van der Waals surface area contributed by atoms with Crippen molar-refractivity contribution < 1.29 is 29.0 Å². The number of hydrogen-bond donors (Lipinski definition) is 1. The van der Waals surface area contributed by atoms with Crippen LogP contribution >= 0.6 is 11.3 Å². The summed E-state index contributed by atoms with van der Waals surface area (Å²) < 4.78 is 12.2. The molecule has 4 aromatic rings. The molecule has 1 atom stereocenters. The topological polar surface area (TPSA) is 123 Å². The largest absolute Gasteiger partial charge is 0.505 e. The van der Waals surface area contributed by atoms with Crippen LogP contribution in [0.2, 0.25) is 0 Å². The van der Waals surface area contributed by atoms with Crippen LogP contribution in [-0.4, -0.2) is 50.9 Å². The van der Waals surface area contributed by atoms with Gasteiger partial charge in [-0.15, -0.1) is 0 Å². The molecule has 0 bridgehead atoms. The molecule has 1 aliphatic rings. The highest BCUT2D eigenvalue weighted by Crippen LogP contribution is 2.44. The Kier molecular flexibility index (Phi) is 6.99. The lowest BCUT2D eigenvalue weighted by atomic mass is 9.96. The zero-order chi connectivity index (χ0) is 28.7. The number of aryl methyl sites for hydroxylation is 3. The second-order valence-corrected chi connectivity index (χ2v) is 10.1. The van der Waals surface area contributed by atoms with Crippen LogP contribution in [0, 0.1) is 20.8 Å². The van der Waals surface area contributed by atoms with Gasteiger partial charge in [-0.3, -0.25) is 14.5 Å². The molecule has 1 aliphatic heterocycles.